The van der Waals surface area contributed by atoms with Crippen LogP contribution >= 0.6 is 7.82 Å². The minimum atomic E-state index is -5.17. The van der Waals surface area contributed by atoms with Crippen LogP contribution in [-0.4, -0.2) is 85.5 Å². The summed E-state index contributed by atoms with van der Waals surface area (Å²) in [4.78, 5) is 69.9. The first-order valence-corrected chi connectivity index (χ1v) is 38.1. The zero-order valence-corrected chi connectivity index (χ0v) is 57.7. The second-order valence-corrected chi connectivity index (χ2v) is 28.0. The van der Waals surface area contributed by atoms with Crippen molar-refractivity contribution in [1.82, 2.24) is 0 Å². The van der Waals surface area contributed by atoms with E-state index in [-0.39, 0.29) is 32.3 Å². The predicted octanol–water partition coefficient (Wildman–Crippen LogP) is 22.1. The highest BCUT2D eigenvalue weighted by Gasteiger charge is 2.58. The van der Waals surface area contributed by atoms with Gasteiger partial charge in [-0.25, -0.2) is 4.57 Å². The van der Waals surface area contributed by atoms with Gasteiger partial charge in [-0.1, -0.05) is 336 Å². The molecule has 0 saturated heterocycles. The molecular weight excluding hydrogens is 1070 g/mol. The van der Waals surface area contributed by atoms with E-state index >= 15 is 9.59 Å². The van der Waals surface area contributed by atoms with E-state index in [4.69, 9.17) is 18.5 Å². The summed E-state index contributed by atoms with van der Waals surface area (Å²) >= 11 is 0. The number of nitrogens with zero attached hydrogens (tertiary/aromatic N) is 1. The lowest BCUT2D eigenvalue weighted by atomic mass is 9.82. The number of likely N-dealkylation sites (N-methyl/N-ethyl adjacent to an activating group) is 1. The van der Waals surface area contributed by atoms with Crippen LogP contribution in [0.4, 0.5) is 0 Å². The molecule has 0 aliphatic rings. The van der Waals surface area contributed by atoms with Crippen LogP contribution < -0.4 is 0 Å². The summed E-state index contributed by atoms with van der Waals surface area (Å²) in [5.74, 6) is -2.67. The molecule has 1 N–H and O–H groups in total. The zero-order valence-electron chi connectivity index (χ0n) is 56.8. The Morgan fingerprint density at radius 3 is 0.869 bits per heavy atom. The summed E-state index contributed by atoms with van der Waals surface area (Å²) in [6.45, 7) is 8.49. The average molecular weight is 1210 g/mol. The Hall–Kier alpha value is -1.65. The van der Waals surface area contributed by atoms with Crippen molar-refractivity contribution in [2.75, 3.05) is 40.9 Å². The number of carbonyl (C=O) groups is 4. The first-order valence-electron chi connectivity index (χ1n) is 36.6. The number of phosphoric ester groups is 1. The first kappa shape index (κ1) is 82.3. The van der Waals surface area contributed by atoms with Gasteiger partial charge in [-0.05, 0) is 25.7 Å². The number of hydrogen-bond acceptors (Lipinski definition) is 9. The molecule has 498 valence electrons. The van der Waals surface area contributed by atoms with Gasteiger partial charge in [0.25, 0.3) is 0 Å². The van der Waals surface area contributed by atoms with Crippen LogP contribution in [0.25, 0.3) is 0 Å². The highest BCUT2D eigenvalue weighted by Crippen LogP contribution is 2.50. The Kier molecular flexibility index (Phi) is 57.8. The largest absolute Gasteiger partial charge is 0.473 e. The number of Topliss-reactive ketones (excluding diaryl/α,β-unsaturated/α-hetero) is 2. The standard InChI is InChI=1S/C72H140NO10P/c1-8-12-16-20-24-28-32-36-40-44-48-52-56-60-67(74)72(83-84(78,79)81-65-64-73(5,6)7,68(75)61-57-53-49-45-41-37-33-29-25-21-17-13-9-2)69(82-71(77)63-59-55-51-47-43-39-35-31-27-23-19-15-11-4)66-80-70(76)62-58-54-50-46-42-38-34-30-26-22-18-14-10-3/h69H,8-66H2,1-7H3/p+1/t69-/m0/s1. The molecule has 12 heteroatoms. The minimum Gasteiger partial charge on any atom is -0.462 e. The van der Waals surface area contributed by atoms with Crippen LogP contribution in [0.15, 0.2) is 0 Å². The molecule has 0 saturated carbocycles. The lowest BCUT2D eigenvalue weighted by Gasteiger charge is -2.37. The van der Waals surface area contributed by atoms with Crippen LogP contribution in [0.2, 0.25) is 0 Å². The summed E-state index contributed by atoms with van der Waals surface area (Å²) in [5, 5.41) is 0. The minimum absolute atomic E-state index is 0.0220. The quantitative estimate of drug-likeness (QED) is 0.0206. The monoisotopic (exact) mass is 1210 g/mol. The molecule has 0 aliphatic carbocycles. The Balaban J connectivity index is 6.52. The molecule has 0 bridgehead atoms. The van der Waals surface area contributed by atoms with Gasteiger partial charge < -0.3 is 18.9 Å². The summed E-state index contributed by atoms with van der Waals surface area (Å²) in [6, 6.07) is 0. The van der Waals surface area contributed by atoms with Crippen LogP contribution in [-0.2, 0) is 42.3 Å². The molecule has 0 aliphatic heterocycles. The van der Waals surface area contributed by atoms with Gasteiger partial charge >= 0.3 is 19.8 Å². The second-order valence-electron chi connectivity index (χ2n) is 26.6. The summed E-state index contributed by atoms with van der Waals surface area (Å²) in [7, 11) is 0.600. The Bertz CT molecular complexity index is 1510. The fraction of sp³-hybridized carbons (Fsp3) is 0.944. The maximum Gasteiger partial charge on any atom is 0.473 e. The number of carbonyl (C=O) groups excluding carboxylic acids is 4. The SMILES string of the molecule is CCCCCCCCCCCCCCCC(=O)OC[C@H](OC(=O)CCCCCCCCCCCCCCC)C(OP(=O)(O)OCC[N+](C)(C)C)(C(=O)CCCCCCCCCCCCCCC)C(=O)CCCCCCCCCCCCCCC. The fourth-order valence-electron chi connectivity index (χ4n) is 11.6. The summed E-state index contributed by atoms with van der Waals surface area (Å²) < 4.78 is 38.6. The van der Waals surface area contributed by atoms with E-state index in [1.165, 1.54) is 212 Å². The van der Waals surface area contributed by atoms with Crippen molar-refractivity contribution in [1.29, 1.82) is 0 Å². The fourth-order valence-corrected chi connectivity index (χ4v) is 12.6. The molecule has 0 rings (SSSR count). The smallest absolute Gasteiger partial charge is 0.462 e. The maximum absolute atomic E-state index is 15.2. The molecule has 0 amide bonds. The van der Waals surface area contributed by atoms with Gasteiger partial charge in [0.1, 0.15) is 19.8 Å². The average Bonchev–Trinajstić information content (AvgIpc) is 2.84. The normalized spacial score (nSPS) is 13.1. The van der Waals surface area contributed by atoms with Crippen molar-refractivity contribution in [3.63, 3.8) is 0 Å². The van der Waals surface area contributed by atoms with Crippen LogP contribution in [0.3, 0.4) is 0 Å². The Labute approximate surface area is 520 Å². The number of phosphoric acid groups is 1. The number of unbranched alkanes of at least 4 members (excludes halogenated alkanes) is 48. The van der Waals surface area contributed by atoms with Gasteiger partial charge in [0.2, 0.25) is 5.60 Å². The molecule has 11 nitrogen and oxygen atoms in total. The third kappa shape index (κ3) is 51.3. The molecule has 84 heavy (non-hydrogen) atoms. The number of esters is 2. The molecule has 0 heterocycles. The third-order valence-electron chi connectivity index (χ3n) is 17.2. The Morgan fingerprint density at radius 1 is 0.369 bits per heavy atom. The number of quaternary nitrogens is 1. The molecule has 0 aromatic rings. The van der Waals surface area contributed by atoms with Gasteiger partial charge in [0, 0.05) is 25.7 Å². The highest BCUT2D eigenvalue weighted by molar-refractivity contribution is 7.47. The molecule has 1 unspecified atom stereocenters. The van der Waals surface area contributed by atoms with E-state index in [0.717, 1.165) is 96.3 Å². The number of hydrogen-bond donors (Lipinski definition) is 1. The molecular formula is C72H141NO10P+. The van der Waals surface area contributed by atoms with Gasteiger partial charge in [-0.2, -0.15) is 0 Å². The zero-order chi connectivity index (χ0) is 61.9. The van der Waals surface area contributed by atoms with Crippen molar-refractivity contribution >= 4 is 31.3 Å². The molecule has 0 spiro atoms. The highest BCUT2D eigenvalue weighted by atomic mass is 31.2. The van der Waals surface area contributed by atoms with Crippen molar-refractivity contribution in [2.45, 2.75) is 399 Å². The van der Waals surface area contributed by atoms with E-state index in [1.807, 2.05) is 21.1 Å². The number of rotatable bonds is 68. The predicted molar refractivity (Wildman–Crippen MR) is 355 cm³/mol. The van der Waals surface area contributed by atoms with E-state index < -0.39 is 49.6 Å². The van der Waals surface area contributed by atoms with Crippen LogP contribution in [0, 0.1) is 0 Å². The first-order chi connectivity index (χ1) is 40.7. The van der Waals surface area contributed by atoms with Crippen LogP contribution in [0.5, 0.6) is 0 Å². The topological polar surface area (TPSA) is 142 Å². The molecule has 0 fully saturated rings. The molecule has 0 aromatic carbocycles. The van der Waals surface area contributed by atoms with Crippen molar-refractivity contribution in [2.24, 2.45) is 0 Å². The summed E-state index contributed by atoms with van der Waals surface area (Å²) in [5.41, 5.74) is -2.73. The lowest BCUT2D eigenvalue weighted by Crippen LogP contribution is -2.60. The van der Waals surface area contributed by atoms with Gasteiger partial charge in [-0.15, -0.1) is 0 Å². The van der Waals surface area contributed by atoms with E-state index in [0.29, 0.717) is 36.7 Å². The maximum atomic E-state index is 15.2. The Morgan fingerprint density at radius 2 is 0.607 bits per heavy atom. The lowest BCUT2D eigenvalue weighted by molar-refractivity contribution is -0.870. The second kappa shape index (κ2) is 59.0. The van der Waals surface area contributed by atoms with E-state index in [2.05, 4.69) is 27.7 Å². The van der Waals surface area contributed by atoms with Gasteiger partial charge in [-0.3, -0.25) is 28.2 Å². The van der Waals surface area contributed by atoms with Crippen LogP contribution in [0.1, 0.15) is 387 Å². The molecule has 0 aromatic heterocycles. The van der Waals surface area contributed by atoms with Crippen molar-refractivity contribution in [3.05, 3.63) is 0 Å². The molecule has 0 radical (unpaired) electrons. The van der Waals surface area contributed by atoms with Crippen molar-refractivity contribution < 1.29 is 51.6 Å². The van der Waals surface area contributed by atoms with Crippen molar-refractivity contribution in [3.8, 4) is 0 Å². The third-order valence-corrected chi connectivity index (χ3v) is 18.2. The molecule has 2 atom stereocenters. The summed E-state index contributed by atoms with van der Waals surface area (Å²) in [6.07, 6.45) is 56.9. The number of ether oxygens (including phenoxy) is 2. The van der Waals surface area contributed by atoms with E-state index in [9.17, 15) is 19.0 Å². The van der Waals surface area contributed by atoms with Gasteiger partial charge in [0.15, 0.2) is 17.7 Å². The van der Waals surface area contributed by atoms with E-state index in [1.54, 1.807) is 0 Å². The number of ketones is 2. The van der Waals surface area contributed by atoms with Gasteiger partial charge in [0.05, 0.1) is 21.1 Å².